The first kappa shape index (κ1) is 15.8. The molecule has 0 spiro atoms. The standard InChI is InChI=1S/C19H34FN/c20-19-10-4-8-18(13-19)15-21-11-5-9-17(14-21)12-16-6-2-1-3-7-16/h16-19H,1-15H2. The van der Waals surface area contributed by atoms with Crippen LogP contribution in [0.3, 0.4) is 0 Å². The van der Waals surface area contributed by atoms with Gasteiger partial charge in [0.1, 0.15) is 6.17 Å². The Balaban J connectivity index is 1.42. The highest BCUT2D eigenvalue weighted by Crippen LogP contribution is 2.33. The molecule has 3 fully saturated rings. The summed E-state index contributed by atoms with van der Waals surface area (Å²) < 4.78 is 13.6. The molecule has 21 heavy (non-hydrogen) atoms. The Morgan fingerprint density at radius 1 is 0.762 bits per heavy atom. The van der Waals surface area contributed by atoms with Crippen molar-refractivity contribution >= 4 is 0 Å². The lowest BCUT2D eigenvalue weighted by Gasteiger charge is -2.38. The van der Waals surface area contributed by atoms with E-state index < -0.39 is 6.17 Å². The minimum atomic E-state index is -0.508. The molecule has 0 bridgehead atoms. The highest BCUT2D eigenvalue weighted by atomic mass is 19.1. The minimum Gasteiger partial charge on any atom is -0.303 e. The second kappa shape index (κ2) is 7.94. The molecule has 2 aliphatic carbocycles. The molecule has 0 N–H and O–H groups in total. The number of hydrogen-bond donors (Lipinski definition) is 0. The largest absolute Gasteiger partial charge is 0.303 e. The van der Waals surface area contributed by atoms with Crippen molar-refractivity contribution in [2.24, 2.45) is 17.8 Å². The Labute approximate surface area is 130 Å². The summed E-state index contributed by atoms with van der Waals surface area (Å²) >= 11 is 0. The molecule has 3 rings (SSSR count). The third-order valence-electron chi connectivity index (χ3n) is 6.23. The van der Waals surface area contributed by atoms with Gasteiger partial charge in [0.15, 0.2) is 0 Å². The van der Waals surface area contributed by atoms with E-state index >= 15 is 0 Å². The summed E-state index contributed by atoms with van der Waals surface area (Å²) in [5, 5.41) is 0. The highest BCUT2D eigenvalue weighted by Gasteiger charge is 2.27. The van der Waals surface area contributed by atoms with Crippen molar-refractivity contribution in [1.29, 1.82) is 0 Å². The molecule has 1 aliphatic heterocycles. The van der Waals surface area contributed by atoms with Gasteiger partial charge in [-0.2, -0.15) is 0 Å². The van der Waals surface area contributed by atoms with E-state index in [-0.39, 0.29) is 0 Å². The van der Waals surface area contributed by atoms with Gasteiger partial charge in [-0.05, 0) is 62.8 Å². The van der Waals surface area contributed by atoms with E-state index in [1.54, 1.807) is 0 Å². The molecule has 0 radical (unpaired) electrons. The van der Waals surface area contributed by atoms with Gasteiger partial charge in [0, 0.05) is 13.1 Å². The van der Waals surface area contributed by atoms with Gasteiger partial charge in [-0.15, -0.1) is 0 Å². The van der Waals surface area contributed by atoms with Gasteiger partial charge >= 0.3 is 0 Å². The van der Waals surface area contributed by atoms with E-state index in [9.17, 15) is 4.39 Å². The van der Waals surface area contributed by atoms with Crippen molar-refractivity contribution in [2.75, 3.05) is 19.6 Å². The third kappa shape index (κ3) is 4.94. The van der Waals surface area contributed by atoms with Crippen LogP contribution in [0.5, 0.6) is 0 Å². The van der Waals surface area contributed by atoms with Crippen LogP contribution in [0.1, 0.15) is 77.0 Å². The lowest BCUT2D eigenvalue weighted by Crippen LogP contribution is -2.40. The van der Waals surface area contributed by atoms with E-state index in [1.165, 1.54) is 77.4 Å². The van der Waals surface area contributed by atoms with E-state index in [0.29, 0.717) is 5.92 Å². The van der Waals surface area contributed by atoms with Gasteiger partial charge in [0.05, 0.1) is 0 Å². The zero-order valence-electron chi connectivity index (χ0n) is 13.7. The van der Waals surface area contributed by atoms with Crippen LogP contribution < -0.4 is 0 Å². The summed E-state index contributed by atoms with van der Waals surface area (Å²) in [6.45, 7) is 3.76. The maximum atomic E-state index is 13.6. The molecule has 122 valence electrons. The van der Waals surface area contributed by atoms with Crippen molar-refractivity contribution in [1.82, 2.24) is 4.90 Å². The molecule has 0 aromatic rings. The molecule has 0 aromatic carbocycles. The summed E-state index contributed by atoms with van der Waals surface area (Å²) in [4.78, 5) is 2.68. The molecule has 3 aliphatic rings. The van der Waals surface area contributed by atoms with E-state index in [4.69, 9.17) is 0 Å². The van der Waals surface area contributed by atoms with Crippen LogP contribution in [0.25, 0.3) is 0 Å². The van der Waals surface area contributed by atoms with Gasteiger partial charge in [-0.1, -0.05) is 38.5 Å². The summed E-state index contributed by atoms with van der Waals surface area (Å²) in [5.41, 5.74) is 0. The highest BCUT2D eigenvalue weighted by molar-refractivity contribution is 4.81. The summed E-state index contributed by atoms with van der Waals surface area (Å²) in [7, 11) is 0. The normalized spacial score (nSPS) is 36.7. The average molecular weight is 295 g/mol. The Bertz CT molecular complexity index is 300. The van der Waals surface area contributed by atoms with E-state index in [1.807, 2.05) is 0 Å². The average Bonchev–Trinajstić information content (AvgIpc) is 2.49. The first-order chi connectivity index (χ1) is 10.3. The second-order valence-corrected chi connectivity index (χ2v) is 8.14. The van der Waals surface area contributed by atoms with E-state index in [0.717, 1.165) is 31.1 Å². The summed E-state index contributed by atoms with van der Waals surface area (Å²) in [6, 6.07) is 0. The molecule has 3 unspecified atom stereocenters. The van der Waals surface area contributed by atoms with Crippen LogP contribution in [0, 0.1) is 17.8 Å². The zero-order valence-corrected chi connectivity index (χ0v) is 13.7. The fraction of sp³-hybridized carbons (Fsp3) is 1.00. The topological polar surface area (TPSA) is 3.24 Å². The fourth-order valence-electron chi connectivity index (χ4n) is 5.16. The van der Waals surface area contributed by atoms with Gasteiger partial charge in [-0.3, -0.25) is 0 Å². The number of alkyl halides is 1. The molecule has 0 amide bonds. The third-order valence-corrected chi connectivity index (χ3v) is 6.23. The molecule has 0 aromatic heterocycles. The predicted molar refractivity (Wildman–Crippen MR) is 87.2 cm³/mol. The first-order valence-electron chi connectivity index (χ1n) is 9.66. The lowest BCUT2D eigenvalue weighted by atomic mass is 9.80. The Morgan fingerprint density at radius 2 is 1.52 bits per heavy atom. The Hall–Kier alpha value is -0.110. The SMILES string of the molecule is FC1CCCC(CN2CCCC(CC3CCCCC3)C2)C1. The quantitative estimate of drug-likeness (QED) is 0.689. The maximum absolute atomic E-state index is 13.6. The van der Waals surface area contributed by atoms with Crippen molar-refractivity contribution in [2.45, 2.75) is 83.2 Å². The van der Waals surface area contributed by atoms with Crippen molar-refractivity contribution < 1.29 is 4.39 Å². The molecule has 2 heteroatoms. The molecule has 2 saturated carbocycles. The van der Waals surface area contributed by atoms with Gasteiger partial charge in [0.2, 0.25) is 0 Å². The molecule has 1 heterocycles. The summed E-state index contributed by atoms with van der Waals surface area (Å²) in [6.07, 6.45) is 15.2. The van der Waals surface area contributed by atoms with Crippen LogP contribution in [0.2, 0.25) is 0 Å². The molecule has 1 saturated heterocycles. The van der Waals surface area contributed by atoms with Crippen LogP contribution in [0.15, 0.2) is 0 Å². The lowest BCUT2D eigenvalue weighted by molar-refractivity contribution is 0.103. The minimum absolute atomic E-state index is 0.508. The maximum Gasteiger partial charge on any atom is 0.100 e. The summed E-state index contributed by atoms with van der Waals surface area (Å²) in [5.74, 6) is 2.60. The number of halogens is 1. The van der Waals surface area contributed by atoms with Crippen LogP contribution in [-0.2, 0) is 0 Å². The van der Waals surface area contributed by atoms with Gasteiger partial charge in [0.25, 0.3) is 0 Å². The zero-order chi connectivity index (χ0) is 14.5. The predicted octanol–water partition coefficient (Wildman–Crippen LogP) is 5.20. The fourth-order valence-corrected chi connectivity index (χ4v) is 5.16. The molecule has 3 atom stereocenters. The number of nitrogens with zero attached hydrogens (tertiary/aromatic N) is 1. The second-order valence-electron chi connectivity index (χ2n) is 8.14. The van der Waals surface area contributed by atoms with Crippen molar-refractivity contribution in [3.05, 3.63) is 0 Å². The molecular weight excluding hydrogens is 261 g/mol. The van der Waals surface area contributed by atoms with Crippen LogP contribution in [-0.4, -0.2) is 30.7 Å². The van der Waals surface area contributed by atoms with Crippen LogP contribution >= 0.6 is 0 Å². The van der Waals surface area contributed by atoms with Crippen LogP contribution in [0.4, 0.5) is 4.39 Å². The first-order valence-corrected chi connectivity index (χ1v) is 9.66. The van der Waals surface area contributed by atoms with E-state index in [2.05, 4.69) is 4.90 Å². The number of piperidine rings is 1. The monoisotopic (exact) mass is 295 g/mol. The smallest absolute Gasteiger partial charge is 0.100 e. The van der Waals surface area contributed by atoms with Gasteiger partial charge < -0.3 is 4.90 Å². The van der Waals surface area contributed by atoms with Crippen molar-refractivity contribution in [3.63, 3.8) is 0 Å². The number of likely N-dealkylation sites (tertiary alicyclic amines) is 1. The van der Waals surface area contributed by atoms with Crippen molar-refractivity contribution in [3.8, 4) is 0 Å². The number of hydrogen-bond acceptors (Lipinski definition) is 1. The Kier molecular flexibility index (Phi) is 5.97. The van der Waals surface area contributed by atoms with Gasteiger partial charge in [-0.25, -0.2) is 4.39 Å². The Morgan fingerprint density at radius 3 is 2.33 bits per heavy atom. The number of rotatable bonds is 4. The molecular formula is C19H34FN. The molecule has 1 nitrogen and oxygen atoms in total.